The summed E-state index contributed by atoms with van der Waals surface area (Å²) >= 11 is 0. The maximum atomic E-state index is 13.5. The van der Waals surface area contributed by atoms with E-state index in [0.717, 1.165) is 29.5 Å². The van der Waals surface area contributed by atoms with Crippen LogP contribution in [-0.2, 0) is 20.9 Å². The molecule has 1 heterocycles. The van der Waals surface area contributed by atoms with Gasteiger partial charge in [-0.15, -0.1) is 0 Å². The quantitative estimate of drug-likeness (QED) is 0.317. The molecule has 1 amide bonds. The second kappa shape index (κ2) is 12.6. The molecule has 0 N–H and O–H groups in total. The summed E-state index contributed by atoms with van der Waals surface area (Å²) < 4.78 is 17.4. The van der Waals surface area contributed by atoms with Crippen molar-refractivity contribution in [3.63, 3.8) is 0 Å². The molecule has 0 aliphatic carbocycles. The molecule has 0 spiro atoms. The number of hydrogen-bond donors (Lipinski definition) is 0. The predicted molar refractivity (Wildman–Crippen MR) is 147 cm³/mol. The molecule has 0 saturated carbocycles. The van der Waals surface area contributed by atoms with Gasteiger partial charge in [0.05, 0.1) is 6.61 Å². The van der Waals surface area contributed by atoms with Gasteiger partial charge < -0.3 is 19.1 Å². The molecule has 3 aromatic carbocycles. The average Bonchev–Trinajstić information content (AvgIpc) is 2.92. The van der Waals surface area contributed by atoms with Crippen molar-refractivity contribution >= 4 is 12.1 Å². The fraction of sp³-hybridized carbons (Fsp3) is 0.375. The van der Waals surface area contributed by atoms with Gasteiger partial charge in [0, 0.05) is 13.1 Å². The number of amides is 1. The molecule has 1 saturated heterocycles. The smallest absolute Gasteiger partial charge is 0.410 e. The second-order valence-electron chi connectivity index (χ2n) is 10.7. The summed E-state index contributed by atoms with van der Waals surface area (Å²) in [6, 6.07) is 27.3. The van der Waals surface area contributed by atoms with Crippen LogP contribution in [-0.4, -0.2) is 42.3 Å². The Bertz CT molecular complexity index is 1180. The normalized spacial score (nSPS) is 15.0. The van der Waals surface area contributed by atoms with Crippen molar-refractivity contribution in [2.75, 3.05) is 19.7 Å². The molecular weight excluding hydrogens is 478 g/mol. The summed E-state index contributed by atoms with van der Waals surface area (Å²) in [5.74, 6) is 0.0634. The minimum atomic E-state index is -0.557. The number of benzene rings is 3. The zero-order chi connectivity index (χ0) is 27.0. The van der Waals surface area contributed by atoms with E-state index in [9.17, 15) is 9.59 Å². The first-order valence-corrected chi connectivity index (χ1v) is 13.2. The maximum absolute atomic E-state index is 13.5. The van der Waals surface area contributed by atoms with Crippen LogP contribution in [0.1, 0.15) is 56.2 Å². The van der Waals surface area contributed by atoms with E-state index in [4.69, 9.17) is 14.2 Å². The predicted octanol–water partition coefficient (Wildman–Crippen LogP) is 6.59. The summed E-state index contributed by atoms with van der Waals surface area (Å²) in [5.41, 5.74) is 2.26. The number of hydrogen-bond acceptors (Lipinski definition) is 5. The summed E-state index contributed by atoms with van der Waals surface area (Å²) in [5, 5.41) is 0. The van der Waals surface area contributed by atoms with Crippen LogP contribution < -0.4 is 4.74 Å². The van der Waals surface area contributed by atoms with Crippen LogP contribution in [0.5, 0.6) is 5.75 Å². The minimum Gasteiger partial charge on any atom is -0.489 e. The third kappa shape index (κ3) is 7.85. The van der Waals surface area contributed by atoms with E-state index >= 15 is 0 Å². The van der Waals surface area contributed by atoms with Crippen molar-refractivity contribution in [1.82, 2.24) is 4.90 Å². The van der Waals surface area contributed by atoms with Gasteiger partial charge in [-0.05, 0) is 68.4 Å². The Morgan fingerprint density at radius 3 is 2.16 bits per heavy atom. The fourth-order valence-electron chi connectivity index (χ4n) is 4.53. The lowest BCUT2D eigenvalue weighted by Crippen LogP contribution is -2.42. The first-order valence-electron chi connectivity index (χ1n) is 13.2. The lowest BCUT2D eigenvalue weighted by Gasteiger charge is -2.33. The van der Waals surface area contributed by atoms with Gasteiger partial charge in [-0.2, -0.15) is 0 Å². The SMILES string of the molecule is CC(C)(C)OC(=O)N1CCC(COC(=O)C(c2ccccc2)c2cccc(OCc3ccccc3)c2)CC1. The fourth-order valence-corrected chi connectivity index (χ4v) is 4.53. The molecule has 0 bridgehead atoms. The van der Waals surface area contributed by atoms with Crippen LogP contribution in [0.25, 0.3) is 0 Å². The number of nitrogens with zero attached hydrogens (tertiary/aromatic N) is 1. The molecule has 38 heavy (non-hydrogen) atoms. The monoisotopic (exact) mass is 515 g/mol. The number of carbonyl (C=O) groups is 2. The summed E-state index contributed by atoms with van der Waals surface area (Å²) in [6.45, 7) is 7.57. The van der Waals surface area contributed by atoms with Crippen molar-refractivity contribution in [2.45, 2.75) is 51.7 Å². The van der Waals surface area contributed by atoms with Crippen LogP contribution in [0, 0.1) is 5.92 Å². The summed E-state index contributed by atoms with van der Waals surface area (Å²) in [4.78, 5) is 27.5. The van der Waals surface area contributed by atoms with E-state index in [1.165, 1.54) is 0 Å². The molecule has 0 radical (unpaired) electrons. The van der Waals surface area contributed by atoms with Crippen LogP contribution in [0.3, 0.4) is 0 Å². The minimum absolute atomic E-state index is 0.203. The molecule has 0 aromatic heterocycles. The van der Waals surface area contributed by atoms with Crippen LogP contribution in [0.2, 0.25) is 0 Å². The molecule has 1 aliphatic rings. The second-order valence-corrected chi connectivity index (χ2v) is 10.7. The number of carbonyl (C=O) groups excluding carboxylic acids is 2. The van der Waals surface area contributed by atoms with Gasteiger partial charge in [0.15, 0.2) is 0 Å². The molecule has 3 aromatic rings. The summed E-state index contributed by atoms with van der Waals surface area (Å²) in [6.07, 6.45) is 1.25. The summed E-state index contributed by atoms with van der Waals surface area (Å²) in [7, 11) is 0. The van der Waals surface area contributed by atoms with Gasteiger partial charge in [-0.1, -0.05) is 72.8 Å². The number of esters is 1. The lowest BCUT2D eigenvalue weighted by molar-refractivity contribution is -0.146. The standard InChI is InChI=1S/C32H37NO5/c1-32(2,3)38-31(35)33-19-17-25(18-20-33)23-37-30(34)29(26-13-8-5-9-14-26)27-15-10-16-28(21-27)36-22-24-11-6-4-7-12-24/h4-16,21,25,29H,17-20,22-23H2,1-3H3. The highest BCUT2D eigenvalue weighted by Gasteiger charge is 2.29. The van der Waals surface area contributed by atoms with Crippen LogP contribution >= 0.6 is 0 Å². The van der Waals surface area contributed by atoms with Gasteiger partial charge in [0.1, 0.15) is 23.9 Å². The molecule has 6 heteroatoms. The molecule has 1 atom stereocenters. The van der Waals surface area contributed by atoms with E-state index in [2.05, 4.69) is 0 Å². The molecule has 4 rings (SSSR count). The molecule has 1 aliphatic heterocycles. The van der Waals surface area contributed by atoms with E-state index in [1.54, 1.807) is 4.90 Å². The number of likely N-dealkylation sites (tertiary alicyclic amines) is 1. The first kappa shape index (κ1) is 27.2. The maximum Gasteiger partial charge on any atom is 0.410 e. The molecule has 6 nitrogen and oxygen atoms in total. The van der Waals surface area contributed by atoms with Crippen LogP contribution in [0.15, 0.2) is 84.9 Å². The third-order valence-electron chi connectivity index (χ3n) is 6.54. The van der Waals surface area contributed by atoms with E-state index in [0.29, 0.717) is 32.1 Å². The Hall–Kier alpha value is -3.80. The largest absolute Gasteiger partial charge is 0.489 e. The Kier molecular flexibility index (Phi) is 9.06. The van der Waals surface area contributed by atoms with Crippen molar-refractivity contribution in [3.05, 3.63) is 102 Å². The van der Waals surface area contributed by atoms with Gasteiger partial charge in [0.2, 0.25) is 0 Å². The Morgan fingerprint density at radius 1 is 0.868 bits per heavy atom. The number of ether oxygens (including phenoxy) is 3. The highest BCUT2D eigenvalue weighted by Crippen LogP contribution is 2.30. The average molecular weight is 516 g/mol. The molecule has 200 valence electrons. The van der Waals surface area contributed by atoms with Crippen molar-refractivity contribution in [3.8, 4) is 5.75 Å². The molecule has 1 unspecified atom stereocenters. The van der Waals surface area contributed by atoms with Gasteiger partial charge >= 0.3 is 12.1 Å². The lowest BCUT2D eigenvalue weighted by atomic mass is 9.91. The molecule has 1 fully saturated rings. The molecular formula is C32H37NO5. The van der Waals surface area contributed by atoms with Crippen molar-refractivity contribution in [2.24, 2.45) is 5.92 Å². The topological polar surface area (TPSA) is 65.1 Å². The number of rotatable bonds is 8. The van der Waals surface area contributed by atoms with Gasteiger partial charge in [0.25, 0.3) is 0 Å². The third-order valence-corrected chi connectivity index (χ3v) is 6.54. The van der Waals surface area contributed by atoms with Gasteiger partial charge in [-0.3, -0.25) is 4.79 Å². The van der Waals surface area contributed by atoms with E-state index in [-0.39, 0.29) is 18.0 Å². The Morgan fingerprint density at radius 2 is 1.50 bits per heavy atom. The zero-order valence-electron chi connectivity index (χ0n) is 22.5. The highest BCUT2D eigenvalue weighted by molar-refractivity contribution is 5.82. The van der Waals surface area contributed by atoms with Crippen molar-refractivity contribution in [1.29, 1.82) is 0 Å². The van der Waals surface area contributed by atoms with Gasteiger partial charge in [-0.25, -0.2) is 4.79 Å². The zero-order valence-corrected chi connectivity index (χ0v) is 22.5. The Balaban J connectivity index is 1.39. The van der Waals surface area contributed by atoms with Crippen molar-refractivity contribution < 1.29 is 23.8 Å². The van der Waals surface area contributed by atoms with E-state index < -0.39 is 11.5 Å². The first-order chi connectivity index (χ1) is 18.3. The Labute approximate surface area is 225 Å². The van der Waals surface area contributed by atoms with E-state index in [1.807, 2.05) is 106 Å². The highest BCUT2D eigenvalue weighted by atomic mass is 16.6. The van der Waals surface area contributed by atoms with Crippen LogP contribution in [0.4, 0.5) is 4.79 Å². The number of piperidine rings is 1.